The SMILES string of the molecule is CS(=O)(=O)c1cc(F)c(C2=CCC=C2c2cccc(C#N)c2)cc1F. The lowest BCUT2D eigenvalue weighted by molar-refractivity contribution is 0.554. The van der Waals surface area contributed by atoms with Gasteiger partial charge in [-0.1, -0.05) is 24.3 Å². The van der Waals surface area contributed by atoms with Crippen LogP contribution in [0.25, 0.3) is 11.1 Å². The van der Waals surface area contributed by atoms with Crippen LogP contribution in [-0.4, -0.2) is 14.7 Å². The first-order chi connectivity index (χ1) is 11.8. The Morgan fingerprint density at radius 3 is 2.44 bits per heavy atom. The minimum Gasteiger partial charge on any atom is -0.224 e. The van der Waals surface area contributed by atoms with E-state index in [1.165, 1.54) is 0 Å². The lowest BCUT2D eigenvalue weighted by Gasteiger charge is -2.12. The molecule has 2 aromatic carbocycles. The quantitative estimate of drug-likeness (QED) is 0.831. The van der Waals surface area contributed by atoms with Crippen LogP contribution in [0.3, 0.4) is 0 Å². The lowest BCUT2D eigenvalue weighted by atomic mass is 9.94. The van der Waals surface area contributed by atoms with Gasteiger partial charge in [0.05, 0.1) is 11.6 Å². The lowest BCUT2D eigenvalue weighted by Crippen LogP contribution is -2.04. The second-order valence-electron chi connectivity index (χ2n) is 5.70. The number of hydrogen-bond acceptors (Lipinski definition) is 3. The highest BCUT2D eigenvalue weighted by atomic mass is 32.2. The normalized spacial score (nSPS) is 14.0. The number of sulfone groups is 1. The molecule has 0 saturated heterocycles. The van der Waals surface area contributed by atoms with Crippen LogP contribution in [0.5, 0.6) is 0 Å². The predicted molar refractivity (Wildman–Crippen MR) is 91.2 cm³/mol. The number of halogens is 2. The fourth-order valence-corrected chi connectivity index (χ4v) is 3.55. The molecule has 3 nitrogen and oxygen atoms in total. The number of benzene rings is 2. The van der Waals surface area contributed by atoms with Crippen molar-refractivity contribution in [2.45, 2.75) is 11.3 Å². The summed E-state index contributed by atoms with van der Waals surface area (Å²) in [5, 5.41) is 9.02. The topological polar surface area (TPSA) is 57.9 Å². The Labute approximate surface area is 144 Å². The maximum atomic E-state index is 14.5. The van der Waals surface area contributed by atoms with E-state index >= 15 is 0 Å². The van der Waals surface area contributed by atoms with Gasteiger partial charge >= 0.3 is 0 Å². The first kappa shape index (κ1) is 17.1. The molecule has 0 saturated carbocycles. The smallest absolute Gasteiger partial charge is 0.178 e. The molecule has 0 spiro atoms. The Hall–Kier alpha value is -2.78. The van der Waals surface area contributed by atoms with Gasteiger partial charge in [-0.2, -0.15) is 5.26 Å². The Bertz CT molecular complexity index is 1080. The molecule has 0 atom stereocenters. The first-order valence-corrected chi connectivity index (χ1v) is 9.31. The number of rotatable bonds is 3. The summed E-state index contributed by atoms with van der Waals surface area (Å²) >= 11 is 0. The van der Waals surface area contributed by atoms with E-state index < -0.39 is 26.4 Å². The molecule has 0 aromatic heterocycles. The van der Waals surface area contributed by atoms with Crippen LogP contribution in [-0.2, 0) is 9.84 Å². The predicted octanol–water partition coefficient (Wildman–Crippen LogP) is 4.11. The van der Waals surface area contributed by atoms with Gasteiger partial charge in [-0.3, -0.25) is 0 Å². The van der Waals surface area contributed by atoms with Gasteiger partial charge in [0.2, 0.25) is 0 Å². The van der Waals surface area contributed by atoms with E-state index in [-0.39, 0.29) is 5.56 Å². The van der Waals surface area contributed by atoms with Crippen molar-refractivity contribution in [3.05, 3.63) is 76.9 Å². The highest BCUT2D eigenvalue weighted by molar-refractivity contribution is 7.90. The van der Waals surface area contributed by atoms with Crippen molar-refractivity contribution < 1.29 is 17.2 Å². The Balaban J connectivity index is 2.10. The molecule has 0 bridgehead atoms. The van der Waals surface area contributed by atoms with Gasteiger partial charge in [-0.05, 0) is 47.4 Å². The molecule has 1 aliphatic rings. The summed E-state index contributed by atoms with van der Waals surface area (Å²) in [5.41, 5.74) is 2.34. The molecule has 0 radical (unpaired) electrons. The van der Waals surface area contributed by atoms with Gasteiger partial charge in [-0.25, -0.2) is 17.2 Å². The molecule has 126 valence electrons. The van der Waals surface area contributed by atoms with Crippen LogP contribution in [0.4, 0.5) is 8.78 Å². The standard InChI is InChI=1S/C19H13F2NO2S/c1-25(23,24)19-10-17(20)16(9-18(19)21)15-7-3-6-14(15)13-5-2-4-12(8-13)11-22/h2,4-10H,3H2,1H3. The van der Waals surface area contributed by atoms with Gasteiger partial charge in [0.25, 0.3) is 0 Å². The third kappa shape index (κ3) is 3.24. The average Bonchev–Trinajstić information content (AvgIpc) is 3.05. The molecule has 3 rings (SSSR count). The third-order valence-electron chi connectivity index (χ3n) is 3.95. The summed E-state index contributed by atoms with van der Waals surface area (Å²) in [6.07, 6.45) is 4.97. The summed E-state index contributed by atoms with van der Waals surface area (Å²) < 4.78 is 51.8. The van der Waals surface area contributed by atoms with E-state index in [1.807, 2.05) is 12.1 Å². The molecular weight excluding hydrogens is 344 g/mol. The van der Waals surface area contributed by atoms with Crippen molar-refractivity contribution in [2.24, 2.45) is 0 Å². The van der Waals surface area contributed by atoms with E-state index in [4.69, 9.17) is 5.26 Å². The highest BCUT2D eigenvalue weighted by Gasteiger charge is 2.22. The molecule has 25 heavy (non-hydrogen) atoms. The minimum atomic E-state index is -3.86. The van der Waals surface area contributed by atoms with Crippen LogP contribution in [0.15, 0.2) is 53.4 Å². The molecule has 0 heterocycles. The molecule has 0 N–H and O–H groups in total. The largest absolute Gasteiger partial charge is 0.224 e. The van der Waals surface area contributed by atoms with Crippen LogP contribution >= 0.6 is 0 Å². The number of hydrogen-bond donors (Lipinski definition) is 0. The summed E-state index contributed by atoms with van der Waals surface area (Å²) in [7, 11) is -3.86. The fraction of sp³-hybridized carbons (Fsp3) is 0.105. The summed E-state index contributed by atoms with van der Waals surface area (Å²) in [4.78, 5) is -0.663. The van der Waals surface area contributed by atoms with E-state index in [9.17, 15) is 17.2 Å². The van der Waals surface area contributed by atoms with Crippen molar-refractivity contribution >= 4 is 21.0 Å². The molecular formula is C19H13F2NO2S. The molecule has 6 heteroatoms. The Morgan fingerprint density at radius 1 is 1.04 bits per heavy atom. The van der Waals surface area contributed by atoms with E-state index in [0.717, 1.165) is 17.9 Å². The highest BCUT2D eigenvalue weighted by Crippen LogP contribution is 2.38. The van der Waals surface area contributed by atoms with Crippen molar-refractivity contribution in [3.8, 4) is 6.07 Å². The van der Waals surface area contributed by atoms with Crippen LogP contribution < -0.4 is 0 Å². The van der Waals surface area contributed by atoms with Crippen molar-refractivity contribution in [2.75, 3.05) is 6.26 Å². The maximum absolute atomic E-state index is 14.5. The summed E-state index contributed by atoms with van der Waals surface area (Å²) in [6, 6.07) is 10.5. The van der Waals surface area contributed by atoms with E-state index in [0.29, 0.717) is 29.2 Å². The van der Waals surface area contributed by atoms with Crippen LogP contribution in [0, 0.1) is 23.0 Å². The van der Waals surface area contributed by atoms with E-state index in [2.05, 4.69) is 0 Å². The average molecular weight is 357 g/mol. The van der Waals surface area contributed by atoms with Gasteiger partial charge in [0.15, 0.2) is 9.84 Å². The second kappa shape index (κ2) is 6.26. The fourth-order valence-electron chi connectivity index (χ4n) is 2.82. The van der Waals surface area contributed by atoms with Gasteiger partial charge in [-0.15, -0.1) is 0 Å². The Morgan fingerprint density at radius 2 is 1.76 bits per heavy atom. The Kier molecular flexibility index (Phi) is 4.27. The van der Waals surface area contributed by atoms with Crippen LogP contribution in [0.2, 0.25) is 0 Å². The van der Waals surface area contributed by atoms with E-state index in [1.54, 1.807) is 30.3 Å². The number of nitriles is 1. The molecule has 2 aromatic rings. The molecule has 0 aliphatic heterocycles. The zero-order valence-electron chi connectivity index (χ0n) is 13.3. The molecule has 0 unspecified atom stereocenters. The molecule has 0 fully saturated rings. The van der Waals surface area contributed by atoms with Crippen molar-refractivity contribution in [3.63, 3.8) is 0 Å². The van der Waals surface area contributed by atoms with Gasteiger partial charge in [0, 0.05) is 11.8 Å². The summed E-state index contributed by atoms with van der Waals surface area (Å²) in [6.45, 7) is 0. The molecule has 0 amide bonds. The van der Waals surface area contributed by atoms with Crippen molar-refractivity contribution in [1.29, 1.82) is 5.26 Å². The van der Waals surface area contributed by atoms with Crippen LogP contribution in [0.1, 0.15) is 23.1 Å². The minimum absolute atomic E-state index is 0.00369. The van der Waals surface area contributed by atoms with Gasteiger partial charge < -0.3 is 0 Å². The third-order valence-corrected chi connectivity index (χ3v) is 5.06. The first-order valence-electron chi connectivity index (χ1n) is 7.42. The zero-order chi connectivity index (χ0) is 18.2. The second-order valence-corrected chi connectivity index (χ2v) is 7.68. The van der Waals surface area contributed by atoms with Gasteiger partial charge in [0.1, 0.15) is 16.5 Å². The number of allylic oxidation sites excluding steroid dienone is 4. The monoisotopic (exact) mass is 357 g/mol. The number of nitrogens with zero attached hydrogens (tertiary/aromatic N) is 1. The molecule has 1 aliphatic carbocycles. The maximum Gasteiger partial charge on any atom is 0.178 e. The summed E-state index contributed by atoms with van der Waals surface area (Å²) in [5.74, 6) is -1.80. The van der Waals surface area contributed by atoms with Crippen molar-refractivity contribution in [1.82, 2.24) is 0 Å². The zero-order valence-corrected chi connectivity index (χ0v) is 14.1.